The summed E-state index contributed by atoms with van der Waals surface area (Å²) < 4.78 is 0. The van der Waals surface area contributed by atoms with E-state index < -0.39 is 4.92 Å². The van der Waals surface area contributed by atoms with Crippen LogP contribution in [0.25, 0.3) is 0 Å². The fourth-order valence-electron chi connectivity index (χ4n) is 2.46. The number of nitrogens with one attached hydrogen (secondary N) is 1. The Kier molecular flexibility index (Phi) is 4.79. The molecule has 1 N–H and O–H groups in total. The van der Waals surface area contributed by atoms with E-state index in [1.807, 2.05) is 39.0 Å². The van der Waals surface area contributed by atoms with Crippen LogP contribution in [0.4, 0.5) is 5.69 Å². The van der Waals surface area contributed by atoms with E-state index in [4.69, 9.17) is 0 Å². The van der Waals surface area contributed by atoms with Crippen LogP contribution in [0.5, 0.6) is 0 Å². The smallest absolute Gasteiger partial charge is 0.273 e. The number of nitro groups is 1. The summed E-state index contributed by atoms with van der Waals surface area (Å²) in [6.07, 6.45) is 0. The van der Waals surface area contributed by atoms with Crippen LogP contribution in [0, 0.1) is 30.9 Å². The molecule has 2 rings (SSSR count). The average molecular weight is 312 g/mol. The molecule has 0 aliphatic heterocycles. The van der Waals surface area contributed by atoms with Crippen LogP contribution in [-0.4, -0.2) is 10.8 Å². The van der Waals surface area contributed by atoms with Gasteiger partial charge in [0, 0.05) is 17.2 Å². The van der Waals surface area contributed by atoms with Crippen LogP contribution in [0.15, 0.2) is 36.4 Å². The molecule has 0 saturated carbocycles. The third-order valence-electron chi connectivity index (χ3n) is 4.13. The first-order chi connectivity index (χ1) is 10.8. The number of rotatable bonds is 4. The first-order valence-electron chi connectivity index (χ1n) is 7.43. The SMILES string of the molecule is Cc1ccc([C@@H](C)NC(=O)c2cccc([N+](=O)[O-])c2C)cc1C. The molecule has 2 aromatic carbocycles. The van der Waals surface area contributed by atoms with Crippen LogP contribution in [0.3, 0.4) is 0 Å². The summed E-state index contributed by atoms with van der Waals surface area (Å²) in [6, 6.07) is 10.4. The van der Waals surface area contributed by atoms with Crippen LogP contribution < -0.4 is 5.32 Å². The van der Waals surface area contributed by atoms with E-state index in [-0.39, 0.29) is 17.6 Å². The monoisotopic (exact) mass is 312 g/mol. The highest BCUT2D eigenvalue weighted by atomic mass is 16.6. The number of nitrogens with zero attached hydrogens (tertiary/aromatic N) is 1. The van der Waals surface area contributed by atoms with Gasteiger partial charge in [0.1, 0.15) is 0 Å². The minimum absolute atomic E-state index is 0.0449. The first kappa shape index (κ1) is 16.7. The highest BCUT2D eigenvalue weighted by Crippen LogP contribution is 2.22. The lowest BCUT2D eigenvalue weighted by molar-refractivity contribution is -0.385. The fourth-order valence-corrected chi connectivity index (χ4v) is 2.46. The van der Waals surface area contributed by atoms with Crippen LogP contribution in [0.1, 0.15) is 45.6 Å². The van der Waals surface area contributed by atoms with Crippen molar-refractivity contribution in [1.82, 2.24) is 5.32 Å². The summed E-state index contributed by atoms with van der Waals surface area (Å²) in [5, 5.41) is 13.9. The second-order valence-electron chi connectivity index (χ2n) is 5.75. The summed E-state index contributed by atoms with van der Waals surface area (Å²) in [6.45, 7) is 7.55. The van der Waals surface area contributed by atoms with Crippen molar-refractivity contribution in [3.8, 4) is 0 Å². The maximum absolute atomic E-state index is 12.4. The summed E-state index contributed by atoms with van der Waals surface area (Å²) in [5.41, 5.74) is 4.02. The number of benzene rings is 2. The number of nitro benzene ring substituents is 1. The van der Waals surface area contributed by atoms with Crippen molar-refractivity contribution in [2.75, 3.05) is 0 Å². The van der Waals surface area contributed by atoms with Gasteiger partial charge in [-0.3, -0.25) is 14.9 Å². The summed E-state index contributed by atoms with van der Waals surface area (Å²) in [5.74, 6) is -0.308. The van der Waals surface area contributed by atoms with Gasteiger partial charge in [-0.15, -0.1) is 0 Å². The summed E-state index contributed by atoms with van der Waals surface area (Å²) in [7, 11) is 0. The standard InChI is InChI=1S/C18H20N2O3/c1-11-8-9-15(10-12(11)2)14(4)19-18(21)16-6-5-7-17(13(16)3)20(22)23/h5-10,14H,1-4H3,(H,19,21)/t14-/m1/s1. The Morgan fingerprint density at radius 3 is 2.43 bits per heavy atom. The molecule has 0 aromatic heterocycles. The maximum atomic E-state index is 12.4. The van der Waals surface area contributed by atoms with Crippen molar-refractivity contribution < 1.29 is 9.72 Å². The predicted molar refractivity (Wildman–Crippen MR) is 89.6 cm³/mol. The summed E-state index contributed by atoms with van der Waals surface area (Å²) >= 11 is 0. The fraction of sp³-hybridized carbons (Fsp3) is 0.278. The molecular formula is C18H20N2O3. The molecule has 0 saturated heterocycles. The van der Waals surface area contributed by atoms with E-state index in [1.54, 1.807) is 13.0 Å². The van der Waals surface area contributed by atoms with E-state index in [1.165, 1.54) is 17.7 Å². The maximum Gasteiger partial charge on any atom is 0.273 e. The molecule has 5 nitrogen and oxygen atoms in total. The Bertz CT molecular complexity index is 769. The molecule has 0 aliphatic carbocycles. The number of hydrogen-bond donors (Lipinski definition) is 1. The van der Waals surface area contributed by atoms with Crippen LogP contribution >= 0.6 is 0 Å². The van der Waals surface area contributed by atoms with Gasteiger partial charge in [-0.25, -0.2) is 0 Å². The molecule has 5 heteroatoms. The van der Waals surface area contributed by atoms with Crippen molar-refractivity contribution in [2.24, 2.45) is 0 Å². The molecule has 1 amide bonds. The van der Waals surface area contributed by atoms with Gasteiger partial charge in [-0.05, 0) is 50.5 Å². The zero-order valence-electron chi connectivity index (χ0n) is 13.7. The van der Waals surface area contributed by atoms with Gasteiger partial charge in [-0.1, -0.05) is 24.3 Å². The zero-order chi connectivity index (χ0) is 17.1. The van der Waals surface area contributed by atoms with Gasteiger partial charge < -0.3 is 5.32 Å². The topological polar surface area (TPSA) is 72.2 Å². The number of amides is 1. The average Bonchev–Trinajstić information content (AvgIpc) is 2.49. The number of carbonyl (C=O) groups is 1. The quantitative estimate of drug-likeness (QED) is 0.685. The lowest BCUT2D eigenvalue weighted by Crippen LogP contribution is -2.27. The van der Waals surface area contributed by atoms with E-state index in [0.29, 0.717) is 11.1 Å². The van der Waals surface area contributed by atoms with Crippen molar-refractivity contribution >= 4 is 11.6 Å². The van der Waals surface area contributed by atoms with Gasteiger partial charge in [0.05, 0.1) is 11.0 Å². The molecule has 0 aliphatic rings. The second kappa shape index (κ2) is 6.60. The Hall–Kier alpha value is -2.69. The summed E-state index contributed by atoms with van der Waals surface area (Å²) in [4.78, 5) is 23.0. The third-order valence-corrected chi connectivity index (χ3v) is 4.13. The molecule has 0 bridgehead atoms. The third kappa shape index (κ3) is 3.56. The van der Waals surface area contributed by atoms with E-state index in [9.17, 15) is 14.9 Å². The molecule has 0 unspecified atom stereocenters. The highest BCUT2D eigenvalue weighted by molar-refractivity contribution is 5.96. The Morgan fingerprint density at radius 2 is 1.83 bits per heavy atom. The Labute approximate surface area is 135 Å². The van der Waals surface area contributed by atoms with E-state index in [2.05, 4.69) is 5.32 Å². The highest BCUT2D eigenvalue weighted by Gasteiger charge is 2.19. The zero-order valence-corrected chi connectivity index (χ0v) is 13.7. The Morgan fingerprint density at radius 1 is 1.13 bits per heavy atom. The first-order valence-corrected chi connectivity index (χ1v) is 7.43. The van der Waals surface area contributed by atoms with Gasteiger partial charge in [0.25, 0.3) is 11.6 Å². The molecule has 0 heterocycles. The van der Waals surface area contributed by atoms with Crippen molar-refractivity contribution in [1.29, 1.82) is 0 Å². The van der Waals surface area contributed by atoms with E-state index in [0.717, 1.165) is 11.1 Å². The molecule has 23 heavy (non-hydrogen) atoms. The largest absolute Gasteiger partial charge is 0.346 e. The van der Waals surface area contributed by atoms with Crippen molar-refractivity contribution in [2.45, 2.75) is 33.7 Å². The molecule has 2 aromatic rings. The normalized spacial score (nSPS) is 11.8. The number of hydrogen-bond acceptors (Lipinski definition) is 3. The number of aryl methyl sites for hydroxylation is 2. The lowest BCUT2D eigenvalue weighted by atomic mass is 10.0. The second-order valence-corrected chi connectivity index (χ2v) is 5.75. The predicted octanol–water partition coefficient (Wildman–Crippen LogP) is 4.01. The van der Waals surface area contributed by atoms with Crippen LogP contribution in [-0.2, 0) is 0 Å². The number of carbonyl (C=O) groups excluding carboxylic acids is 1. The molecule has 1 atom stereocenters. The van der Waals surface area contributed by atoms with Gasteiger partial charge in [-0.2, -0.15) is 0 Å². The van der Waals surface area contributed by atoms with Crippen molar-refractivity contribution in [3.05, 3.63) is 74.3 Å². The minimum atomic E-state index is -0.473. The Balaban J connectivity index is 2.23. The molecule has 0 spiro atoms. The molecule has 120 valence electrons. The van der Waals surface area contributed by atoms with Gasteiger partial charge >= 0.3 is 0 Å². The van der Waals surface area contributed by atoms with Crippen molar-refractivity contribution in [3.63, 3.8) is 0 Å². The van der Waals surface area contributed by atoms with E-state index >= 15 is 0 Å². The molecule has 0 radical (unpaired) electrons. The molecular weight excluding hydrogens is 292 g/mol. The minimum Gasteiger partial charge on any atom is -0.346 e. The molecule has 0 fully saturated rings. The van der Waals surface area contributed by atoms with Crippen LogP contribution in [0.2, 0.25) is 0 Å². The van der Waals surface area contributed by atoms with Gasteiger partial charge in [0.15, 0.2) is 0 Å². The van der Waals surface area contributed by atoms with Gasteiger partial charge in [0.2, 0.25) is 0 Å². The lowest BCUT2D eigenvalue weighted by Gasteiger charge is -2.16.